The maximum absolute atomic E-state index is 13.1. The van der Waals surface area contributed by atoms with Gasteiger partial charge in [0.15, 0.2) is 5.69 Å². The van der Waals surface area contributed by atoms with Crippen LogP contribution in [0.3, 0.4) is 0 Å². The first-order valence-electron chi connectivity index (χ1n) is 12.7. The molecule has 1 saturated carbocycles. The Kier molecular flexibility index (Phi) is 7.33. The summed E-state index contributed by atoms with van der Waals surface area (Å²) in [6, 6.07) is 9.84. The van der Waals surface area contributed by atoms with Crippen molar-refractivity contribution in [2.45, 2.75) is 65.8 Å². The minimum Gasteiger partial charge on any atom is -0.382 e. The van der Waals surface area contributed by atoms with Crippen LogP contribution < -0.4 is 16.0 Å². The Morgan fingerprint density at radius 1 is 1.17 bits per heavy atom. The third-order valence-corrected chi connectivity index (χ3v) is 7.09. The van der Waals surface area contributed by atoms with Crippen molar-refractivity contribution in [3.63, 3.8) is 0 Å². The van der Waals surface area contributed by atoms with Gasteiger partial charge in [0.25, 0.3) is 5.91 Å². The zero-order valence-electron chi connectivity index (χ0n) is 22.3. The van der Waals surface area contributed by atoms with E-state index in [-0.39, 0.29) is 28.7 Å². The Balaban J connectivity index is 1.47. The molecule has 0 radical (unpaired) electrons. The van der Waals surface area contributed by atoms with E-state index >= 15 is 0 Å². The van der Waals surface area contributed by atoms with E-state index in [4.69, 9.17) is 4.98 Å². The lowest BCUT2D eigenvalue weighted by molar-refractivity contribution is 0.0831. The number of aromatic amines is 1. The SMILES string of the molecule is CNc1nc(C2CCC(C)(C)C(NC(=O)c3cc(-c4ccncc4)[nH]n3)C2)ccc1NCC(C)(C)C. The predicted octanol–water partition coefficient (Wildman–Crippen LogP) is 5.46. The molecule has 3 aromatic heterocycles. The van der Waals surface area contributed by atoms with Crippen molar-refractivity contribution in [3.8, 4) is 11.3 Å². The number of anilines is 2. The smallest absolute Gasteiger partial charge is 0.272 e. The minimum absolute atomic E-state index is 0.0170. The highest BCUT2D eigenvalue weighted by Gasteiger charge is 2.38. The van der Waals surface area contributed by atoms with Gasteiger partial charge in [-0.05, 0) is 60.4 Å². The molecule has 8 heteroatoms. The van der Waals surface area contributed by atoms with Crippen LogP contribution in [0.25, 0.3) is 11.3 Å². The standard InChI is InChI=1S/C28H39N7O/c1-27(2,3)17-31-21-8-7-20(32-25(21)29-6)19-9-12-28(4,5)24(15-19)33-26(36)23-16-22(34-35-23)18-10-13-30-14-11-18/h7-8,10-11,13-14,16,19,24,31H,9,12,15,17H2,1-6H3,(H,29,32)(H,33,36)(H,34,35). The summed E-state index contributed by atoms with van der Waals surface area (Å²) in [5.41, 5.74) is 4.38. The quantitative estimate of drug-likeness (QED) is 0.351. The minimum atomic E-state index is -0.157. The molecule has 0 bridgehead atoms. The Labute approximate surface area is 214 Å². The monoisotopic (exact) mass is 489 g/mol. The first-order valence-corrected chi connectivity index (χ1v) is 12.7. The number of H-pyrrole nitrogens is 1. The molecule has 2 atom stereocenters. The molecule has 8 nitrogen and oxygen atoms in total. The Hall–Kier alpha value is -3.42. The number of aromatic nitrogens is 4. The summed E-state index contributed by atoms with van der Waals surface area (Å²) in [4.78, 5) is 22.2. The zero-order valence-corrected chi connectivity index (χ0v) is 22.3. The van der Waals surface area contributed by atoms with Gasteiger partial charge in [-0.3, -0.25) is 14.9 Å². The van der Waals surface area contributed by atoms with Crippen LogP contribution >= 0.6 is 0 Å². The highest BCUT2D eigenvalue weighted by atomic mass is 16.2. The molecule has 1 amide bonds. The lowest BCUT2D eigenvalue weighted by atomic mass is 9.68. The summed E-state index contributed by atoms with van der Waals surface area (Å²) in [6.07, 6.45) is 6.33. The highest BCUT2D eigenvalue weighted by molar-refractivity contribution is 5.93. The van der Waals surface area contributed by atoms with Gasteiger partial charge in [-0.15, -0.1) is 0 Å². The lowest BCUT2D eigenvalue weighted by Crippen LogP contribution is -2.48. The van der Waals surface area contributed by atoms with Crippen LogP contribution in [0, 0.1) is 10.8 Å². The molecule has 0 saturated heterocycles. The summed E-state index contributed by atoms with van der Waals surface area (Å²) < 4.78 is 0. The van der Waals surface area contributed by atoms with Gasteiger partial charge in [0.05, 0.1) is 11.4 Å². The Bertz CT molecular complexity index is 1180. The van der Waals surface area contributed by atoms with E-state index in [2.05, 4.69) is 77.9 Å². The van der Waals surface area contributed by atoms with Crippen LogP contribution in [0.1, 0.15) is 76.0 Å². The number of amides is 1. The molecule has 0 aromatic carbocycles. The molecule has 36 heavy (non-hydrogen) atoms. The third kappa shape index (κ3) is 6.04. The predicted molar refractivity (Wildman–Crippen MR) is 145 cm³/mol. The lowest BCUT2D eigenvalue weighted by Gasteiger charge is -2.42. The van der Waals surface area contributed by atoms with Gasteiger partial charge in [-0.2, -0.15) is 5.10 Å². The number of nitrogens with zero attached hydrogens (tertiary/aromatic N) is 3. The summed E-state index contributed by atoms with van der Waals surface area (Å²) >= 11 is 0. The molecule has 0 spiro atoms. The Morgan fingerprint density at radius 2 is 1.92 bits per heavy atom. The van der Waals surface area contributed by atoms with E-state index < -0.39 is 0 Å². The number of rotatable bonds is 7. The first kappa shape index (κ1) is 25.7. The van der Waals surface area contributed by atoms with Crippen molar-refractivity contribution in [1.29, 1.82) is 0 Å². The number of carbonyl (C=O) groups is 1. The van der Waals surface area contributed by atoms with E-state index in [0.29, 0.717) is 5.69 Å². The topological polar surface area (TPSA) is 108 Å². The van der Waals surface area contributed by atoms with Gasteiger partial charge in [0, 0.05) is 49.2 Å². The molecule has 192 valence electrons. The number of nitrogens with one attached hydrogen (secondary N) is 4. The van der Waals surface area contributed by atoms with Crippen molar-refractivity contribution in [3.05, 3.63) is 54.1 Å². The molecule has 4 rings (SSSR count). The summed E-state index contributed by atoms with van der Waals surface area (Å²) in [7, 11) is 1.91. The van der Waals surface area contributed by atoms with Crippen molar-refractivity contribution in [2.24, 2.45) is 10.8 Å². The molecule has 3 heterocycles. The largest absolute Gasteiger partial charge is 0.382 e. The first-order chi connectivity index (χ1) is 17.1. The van der Waals surface area contributed by atoms with Crippen LogP contribution in [0.5, 0.6) is 0 Å². The van der Waals surface area contributed by atoms with Crippen molar-refractivity contribution < 1.29 is 4.79 Å². The van der Waals surface area contributed by atoms with Crippen molar-refractivity contribution in [1.82, 2.24) is 25.5 Å². The normalized spacial score (nSPS) is 19.5. The average Bonchev–Trinajstić information content (AvgIpc) is 3.34. The second-order valence-corrected chi connectivity index (χ2v) is 11.7. The van der Waals surface area contributed by atoms with Gasteiger partial charge in [0.2, 0.25) is 0 Å². The van der Waals surface area contributed by atoms with Crippen LogP contribution in [0.4, 0.5) is 11.5 Å². The molecule has 1 aliphatic rings. The van der Waals surface area contributed by atoms with Crippen molar-refractivity contribution in [2.75, 3.05) is 24.2 Å². The molecule has 0 aliphatic heterocycles. The molecular formula is C28H39N7O. The summed E-state index contributed by atoms with van der Waals surface area (Å²) in [5.74, 6) is 0.983. The van der Waals surface area contributed by atoms with Crippen molar-refractivity contribution >= 4 is 17.4 Å². The molecule has 1 aliphatic carbocycles. The maximum Gasteiger partial charge on any atom is 0.272 e. The second kappa shape index (κ2) is 10.3. The zero-order chi connectivity index (χ0) is 25.9. The fourth-order valence-electron chi connectivity index (χ4n) is 4.71. The van der Waals surface area contributed by atoms with Gasteiger partial charge in [-0.1, -0.05) is 34.6 Å². The Morgan fingerprint density at radius 3 is 2.61 bits per heavy atom. The fraction of sp³-hybridized carbons (Fsp3) is 0.500. The molecular weight excluding hydrogens is 450 g/mol. The van der Waals surface area contributed by atoms with Gasteiger partial charge in [0.1, 0.15) is 5.82 Å². The van der Waals surface area contributed by atoms with E-state index in [1.165, 1.54) is 0 Å². The summed E-state index contributed by atoms with van der Waals surface area (Å²) in [5, 5.41) is 17.3. The van der Waals surface area contributed by atoms with Crippen LogP contribution in [-0.4, -0.2) is 45.7 Å². The number of carbonyl (C=O) groups excluding carboxylic acids is 1. The summed E-state index contributed by atoms with van der Waals surface area (Å²) in [6.45, 7) is 12.0. The average molecular weight is 490 g/mol. The van der Waals surface area contributed by atoms with Crippen LogP contribution in [0.2, 0.25) is 0 Å². The van der Waals surface area contributed by atoms with E-state index in [1.807, 2.05) is 19.2 Å². The van der Waals surface area contributed by atoms with Crippen LogP contribution in [0.15, 0.2) is 42.7 Å². The van der Waals surface area contributed by atoms with E-state index in [1.54, 1.807) is 18.5 Å². The van der Waals surface area contributed by atoms with Gasteiger partial charge in [-0.25, -0.2) is 4.98 Å². The van der Waals surface area contributed by atoms with E-state index in [0.717, 1.165) is 54.3 Å². The second-order valence-electron chi connectivity index (χ2n) is 11.7. The number of hydrogen-bond acceptors (Lipinski definition) is 6. The molecule has 1 fully saturated rings. The number of pyridine rings is 2. The molecule has 4 N–H and O–H groups in total. The highest BCUT2D eigenvalue weighted by Crippen LogP contribution is 2.43. The van der Waals surface area contributed by atoms with Crippen LogP contribution in [-0.2, 0) is 0 Å². The molecule has 3 aromatic rings. The molecule has 2 unspecified atom stereocenters. The van der Waals surface area contributed by atoms with Gasteiger partial charge >= 0.3 is 0 Å². The maximum atomic E-state index is 13.1. The fourth-order valence-corrected chi connectivity index (χ4v) is 4.71. The number of hydrogen-bond donors (Lipinski definition) is 4. The van der Waals surface area contributed by atoms with E-state index in [9.17, 15) is 4.79 Å². The third-order valence-electron chi connectivity index (χ3n) is 7.09. The van der Waals surface area contributed by atoms with Gasteiger partial charge < -0.3 is 16.0 Å².